The third-order valence-electron chi connectivity index (χ3n) is 2.55. The lowest BCUT2D eigenvalue weighted by molar-refractivity contribution is -0.143. The molecule has 1 atom stereocenters. The summed E-state index contributed by atoms with van der Waals surface area (Å²) in [7, 11) is 0. The Labute approximate surface area is 120 Å². The number of hydrogen-bond acceptors (Lipinski definition) is 3. The highest BCUT2D eigenvalue weighted by molar-refractivity contribution is 5.85. The zero-order chi connectivity index (χ0) is 15.8. The molecule has 1 aromatic carbocycles. The first-order valence-electron chi connectivity index (χ1n) is 6.09. The lowest BCUT2D eigenvalue weighted by Crippen LogP contribution is -2.44. The van der Waals surface area contributed by atoms with Crippen LogP contribution in [0.1, 0.15) is 5.56 Å². The molecule has 21 heavy (non-hydrogen) atoms. The molecule has 1 rings (SSSR count). The Morgan fingerprint density at radius 2 is 2.00 bits per heavy atom. The molecule has 1 unspecified atom stereocenters. The normalized spacial score (nSPS) is 11.7. The van der Waals surface area contributed by atoms with Gasteiger partial charge in [0.15, 0.2) is 6.04 Å². The quantitative estimate of drug-likeness (QED) is 0.560. The Morgan fingerprint density at radius 3 is 2.52 bits per heavy atom. The first-order valence-corrected chi connectivity index (χ1v) is 6.09. The van der Waals surface area contributed by atoms with Gasteiger partial charge in [0, 0.05) is 5.56 Å². The standard InChI is InChI=1S/C14H15F2NO4/c1-2-6-21-8-12(14(19)20)17-13(18)7-9-10(15)4-3-5-11(9)16/h2-5,12H,1,6-8H2,(H,17,18)(H,19,20). The predicted molar refractivity (Wildman–Crippen MR) is 70.6 cm³/mol. The van der Waals surface area contributed by atoms with Crippen LogP contribution in [0.5, 0.6) is 0 Å². The van der Waals surface area contributed by atoms with Gasteiger partial charge >= 0.3 is 5.97 Å². The summed E-state index contributed by atoms with van der Waals surface area (Å²) in [5.74, 6) is -3.84. The maximum atomic E-state index is 13.4. The largest absolute Gasteiger partial charge is 0.480 e. The van der Waals surface area contributed by atoms with Gasteiger partial charge in [0.05, 0.1) is 19.6 Å². The molecule has 0 heterocycles. The summed E-state index contributed by atoms with van der Waals surface area (Å²) in [6.07, 6.45) is 0.833. The van der Waals surface area contributed by atoms with E-state index in [1.54, 1.807) is 0 Å². The summed E-state index contributed by atoms with van der Waals surface area (Å²) in [6.45, 7) is 3.25. The summed E-state index contributed by atoms with van der Waals surface area (Å²) in [6, 6.07) is 1.92. The summed E-state index contributed by atoms with van der Waals surface area (Å²) >= 11 is 0. The van der Waals surface area contributed by atoms with Gasteiger partial charge in [-0.15, -0.1) is 6.58 Å². The van der Waals surface area contributed by atoms with Gasteiger partial charge in [0.25, 0.3) is 0 Å². The molecule has 7 heteroatoms. The fourth-order valence-corrected chi connectivity index (χ4v) is 1.55. The van der Waals surface area contributed by atoms with Gasteiger partial charge in [-0.2, -0.15) is 0 Å². The van der Waals surface area contributed by atoms with Crippen LogP contribution in [0.3, 0.4) is 0 Å². The summed E-state index contributed by atoms with van der Waals surface area (Å²) in [5, 5.41) is 11.1. The van der Waals surface area contributed by atoms with Crippen molar-refractivity contribution in [3.05, 3.63) is 48.1 Å². The highest BCUT2D eigenvalue weighted by Crippen LogP contribution is 2.12. The van der Waals surface area contributed by atoms with Gasteiger partial charge < -0.3 is 15.2 Å². The highest BCUT2D eigenvalue weighted by Gasteiger charge is 2.21. The molecule has 0 fully saturated rings. The molecule has 0 aliphatic carbocycles. The van der Waals surface area contributed by atoms with Gasteiger partial charge in [0.2, 0.25) is 5.91 Å². The van der Waals surface area contributed by atoms with E-state index in [0.717, 1.165) is 12.1 Å². The van der Waals surface area contributed by atoms with Crippen molar-refractivity contribution in [1.29, 1.82) is 0 Å². The maximum absolute atomic E-state index is 13.4. The third-order valence-corrected chi connectivity index (χ3v) is 2.55. The van der Waals surface area contributed by atoms with E-state index in [4.69, 9.17) is 9.84 Å². The molecular weight excluding hydrogens is 284 g/mol. The van der Waals surface area contributed by atoms with Crippen LogP contribution in [0.15, 0.2) is 30.9 Å². The molecule has 114 valence electrons. The van der Waals surface area contributed by atoms with Crippen LogP contribution in [0, 0.1) is 11.6 Å². The Morgan fingerprint density at radius 1 is 1.38 bits per heavy atom. The van der Waals surface area contributed by atoms with Crippen molar-refractivity contribution in [3.8, 4) is 0 Å². The molecule has 0 aliphatic rings. The molecule has 0 aromatic heterocycles. The van der Waals surface area contributed by atoms with E-state index in [-0.39, 0.29) is 13.2 Å². The number of carbonyl (C=O) groups excluding carboxylic acids is 1. The number of nitrogens with one attached hydrogen (secondary N) is 1. The molecule has 1 amide bonds. The van der Waals surface area contributed by atoms with Crippen molar-refractivity contribution in [2.75, 3.05) is 13.2 Å². The lowest BCUT2D eigenvalue weighted by atomic mass is 10.1. The van der Waals surface area contributed by atoms with E-state index in [1.807, 2.05) is 0 Å². The van der Waals surface area contributed by atoms with Crippen LogP contribution in [-0.4, -0.2) is 36.2 Å². The van der Waals surface area contributed by atoms with Gasteiger partial charge in [-0.1, -0.05) is 12.1 Å². The molecule has 0 spiro atoms. The molecule has 2 N–H and O–H groups in total. The lowest BCUT2D eigenvalue weighted by Gasteiger charge is -2.14. The zero-order valence-electron chi connectivity index (χ0n) is 11.1. The Balaban J connectivity index is 2.65. The Bertz CT molecular complexity index is 513. The smallest absolute Gasteiger partial charge is 0.328 e. The number of carboxylic acids is 1. The summed E-state index contributed by atoms with van der Waals surface area (Å²) < 4.78 is 31.7. The van der Waals surface area contributed by atoms with Crippen LogP contribution in [-0.2, 0) is 20.7 Å². The van der Waals surface area contributed by atoms with Crippen LogP contribution in [0.25, 0.3) is 0 Å². The molecule has 0 saturated heterocycles. The molecule has 5 nitrogen and oxygen atoms in total. The number of rotatable bonds is 8. The SMILES string of the molecule is C=CCOCC(NC(=O)Cc1c(F)cccc1F)C(=O)O. The maximum Gasteiger partial charge on any atom is 0.328 e. The van der Waals surface area contributed by atoms with Crippen LogP contribution >= 0.6 is 0 Å². The minimum Gasteiger partial charge on any atom is -0.480 e. The molecule has 0 bridgehead atoms. The molecule has 0 aliphatic heterocycles. The van der Waals surface area contributed by atoms with Crippen molar-refractivity contribution < 1.29 is 28.2 Å². The fraction of sp³-hybridized carbons (Fsp3) is 0.286. The molecule has 0 radical (unpaired) electrons. The van der Waals surface area contributed by atoms with Crippen LogP contribution in [0.2, 0.25) is 0 Å². The van der Waals surface area contributed by atoms with Crippen molar-refractivity contribution >= 4 is 11.9 Å². The zero-order valence-corrected chi connectivity index (χ0v) is 11.1. The van der Waals surface area contributed by atoms with Gasteiger partial charge in [-0.25, -0.2) is 13.6 Å². The van der Waals surface area contributed by atoms with E-state index in [9.17, 15) is 18.4 Å². The minimum atomic E-state index is -1.30. The van der Waals surface area contributed by atoms with Crippen molar-refractivity contribution in [1.82, 2.24) is 5.32 Å². The number of carbonyl (C=O) groups is 2. The van der Waals surface area contributed by atoms with E-state index < -0.39 is 41.5 Å². The molecular formula is C14H15F2NO4. The Kier molecular flexibility index (Phi) is 6.48. The number of benzene rings is 1. The van der Waals surface area contributed by atoms with Crippen molar-refractivity contribution in [3.63, 3.8) is 0 Å². The number of ether oxygens (including phenoxy) is 1. The van der Waals surface area contributed by atoms with Crippen molar-refractivity contribution in [2.45, 2.75) is 12.5 Å². The summed E-state index contributed by atoms with van der Waals surface area (Å²) in [5.41, 5.74) is -0.411. The van der Waals surface area contributed by atoms with E-state index in [2.05, 4.69) is 11.9 Å². The number of carboxylic acid groups (broad SMARTS) is 1. The fourth-order valence-electron chi connectivity index (χ4n) is 1.55. The predicted octanol–water partition coefficient (Wildman–Crippen LogP) is 1.28. The molecule has 0 saturated carbocycles. The molecule has 1 aromatic rings. The first kappa shape index (κ1) is 16.8. The van der Waals surface area contributed by atoms with Gasteiger partial charge in [-0.3, -0.25) is 4.79 Å². The van der Waals surface area contributed by atoms with E-state index >= 15 is 0 Å². The first-order chi connectivity index (χ1) is 9.95. The van der Waals surface area contributed by atoms with Crippen LogP contribution < -0.4 is 5.32 Å². The monoisotopic (exact) mass is 299 g/mol. The minimum absolute atomic E-state index is 0.127. The topological polar surface area (TPSA) is 75.6 Å². The number of hydrogen-bond donors (Lipinski definition) is 2. The average Bonchev–Trinajstić information content (AvgIpc) is 2.42. The van der Waals surface area contributed by atoms with Crippen LogP contribution in [0.4, 0.5) is 8.78 Å². The second-order valence-electron chi connectivity index (χ2n) is 4.16. The number of halogens is 2. The number of amides is 1. The van der Waals surface area contributed by atoms with E-state index in [0.29, 0.717) is 0 Å². The second-order valence-corrected chi connectivity index (χ2v) is 4.16. The third kappa shape index (κ3) is 5.31. The van der Waals surface area contributed by atoms with E-state index in [1.165, 1.54) is 12.1 Å². The number of aliphatic carboxylic acids is 1. The highest BCUT2D eigenvalue weighted by atomic mass is 19.1. The second kappa shape index (κ2) is 8.11. The summed E-state index contributed by atoms with van der Waals surface area (Å²) in [4.78, 5) is 22.6. The Hall–Kier alpha value is -2.28. The van der Waals surface area contributed by atoms with Gasteiger partial charge in [0.1, 0.15) is 11.6 Å². The van der Waals surface area contributed by atoms with Gasteiger partial charge in [-0.05, 0) is 12.1 Å². The van der Waals surface area contributed by atoms with Crippen molar-refractivity contribution in [2.24, 2.45) is 0 Å². The average molecular weight is 299 g/mol.